The van der Waals surface area contributed by atoms with Gasteiger partial charge in [0.2, 0.25) is 0 Å². The zero-order chi connectivity index (χ0) is 13.5. The average Bonchev–Trinajstić information content (AvgIpc) is 2.84. The molecule has 0 aliphatic heterocycles. The Morgan fingerprint density at radius 2 is 2.11 bits per heavy atom. The van der Waals surface area contributed by atoms with E-state index in [0.717, 1.165) is 23.8 Å². The van der Waals surface area contributed by atoms with Gasteiger partial charge >= 0.3 is 0 Å². The maximum atomic E-state index is 8.42. The number of nitrogens with one attached hydrogen (secondary N) is 1. The number of hydrogen-bond donors (Lipinski definition) is 1. The van der Waals surface area contributed by atoms with Crippen molar-refractivity contribution in [3.05, 3.63) is 45.9 Å². The first-order valence-corrected chi connectivity index (χ1v) is 6.80. The van der Waals surface area contributed by atoms with Crippen LogP contribution in [0.4, 0.5) is 0 Å². The maximum Gasteiger partial charge on any atom is 0.174 e. The summed E-state index contributed by atoms with van der Waals surface area (Å²) in [6, 6.07) is 9.68. The summed E-state index contributed by atoms with van der Waals surface area (Å²) in [6.07, 6.45) is 1.89. The minimum atomic E-state index is 0.0843. The lowest BCUT2D eigenvalue weighted by molar-refractivity contribution is 0.368. The number of ether oxygens (including phenoxy) is 1. The molecule has 0 saturated heterocycles. The van der Waals surface area contributed by atoms with Crippen LogP contribution >= 0.6 is 11.3 Å². The van der Waals surface area contributed by atoms with Crippen LogP contribution in [0.15, 0.2) is 30.5 Å². The third-order valence-electron chi connectivity index (χ3n) is 2.50. The number of nitriles is 1. The van der Waals surface area contributed by atoms with Gasteiger partial charge in [0.15, 0.2) is 6.61 Å². The molecule has 5 heteroatoms. The number of hydrogen-bond acceptors (Lipinski definition) is 5. The molecule has 0 aliphatic carbocycles. The van der Waals surface area contributed by atoms with Gasteiger partial charge in [0.1, 0.15) is 16.8 Å². The Morgan fingerprint density at radius 1 is 1.32 bits per heavy atom. The van der Waals surface area contributed by atoms with Crippen molar-refractivity contribution in [3.8, 4) is 11.8 Å². The Balaban J connectivity index is 1.78. The molecule has 0 saturated carbocycles. The van der Waals surface area contributed by atoms with Gasteiger partial charge in [0.25, 0.3) is 0 Å². The SMILES string of the molecule is Cc1cnc(CNCc2ccc(OCC#N)cc2)s1. The van der Waals surface area contributed by atoms with Gasteiger partial charge in [-0.3, -0.25) is 0 Å². The highest BCUT2D eigenvalue weighted by Gasteiger charge is 1.99. The molecule has 4 nitrogen and oxygen atoms in total. The van der Waals surface area contributed by atoms with Crippen LogP contribution in [0, 0.1) is 18.3 Å². The molecule has 0 aliphatic rings. The number of nitrogens with zero attached hydrogens (tertiary/aromatic N) is 2. The summed E-state index contributed by atoms with van der Waals surface area (Å²) < 4.78 is 5.20. The monoisotopic (exact) mass is 273 g/mol. The summed E-state index contributed by atoms with van der Waals surface area (Å²) in [5.74, 6) is 0.723. The van der Waals surface area contributed by atoms with Gasteiger partial charge in [-0.15, -0.1) is 11.3 Å². The normalized spacial score (nSPS) is 10.1. The van der Waals surface area contributed by atoms with Crippen molar-refractivity contribution >= 4 is 11.3 Å². The van der Waals surface area contributed by atoms with Crippen LogP contribution in [0.5, 0.6) is 5.75 Å². The fourth-order valence-electron chi connectivity index (χ4n) is 1.62. The predicted octanol–water partition coefficient (Wildman–Crippen LogP) is 2.64. The highest BCUT2D eigenvalue weighted by Crippen LogP contribution is 2.13. The second-order valence-corrected chi connectivity index (χ2v) is 5.38. The highest BCUT2D eigenvalue weighted by molar-refractivity contribution is 7.11. The van der Waals surface area contributed by atoms with E-state index in [0.29, 0.717) is 0 Å². The maximum absolute atomic E-state index is 8.42. The van der Waals surface area contributed by atoms with E-state index in [1.54, 1.807) is 11.3 Å². The highest BCUT2D eigenvalue weighted by atomic mass is 32.1. The van der Waals surface area contributed by atoms with Crippen molar-refractivity contribution in [1.29, 1.82) is 5.26 Å². The van der Waals surface area contributed by atoms with Gasteiger partial charge < -0.3 is 10.1 Å². The van der Waals surface area contributed by atoms with Crippen molar-refractivity contribution in [3.63, 3.8) is 0 Å². The van der Waals surface area contributed by atoms with E-state index in [9.17, 15) is 0 Å². The van der Waals surface area contributed by atoms with Crippen LogP contribution in [0.2, 0.25) is 0 Å². The number of aryl methyl sites for hydroxylation is 1. The number of rotatable bonds is 6. The second kappa shape index (κ2) is 6.88. The van der Waals surface area contributed by atoms with Crippen molar-refractivity contribution in [2.24, 2.45) is 0 Å². The van der Waals surface area contributed by atoms with Crippen LogP contribution in [-0.4, -0.2) is 11.6 Å². The molecule has 0 spiro atoms. The lowest BCUT2D eigenvalue weighted by Crippen LogP contribution is -2.12. The van der Waals surface area contributed by atoms with E-state index in [4.69, 9.17) is 10.00 Å². The average molecular weight is 273 g/mol. The quantitative estimate of drug-likeness (QED) is 0.879. The third-order valence-corrected chi connectivity index (χ3v) is 3.41. The van der Waals surface area contributed by atoms with Crippen LogP contribution in [0.3, 0.4) is 0 Å². The van der Waals surface area contributed by atoms with E-state index in [-0.39, 0.29) is 6.61 Å². The lowest BCUT2D eigenvalue weighted by atomic mass is 10.2. The molecule has 0 radical (unpaired) electrons. The zero-order valence-electron chi connectivity index (χ0n) is 10.7. The third kappa shape index (κ3) is 4.36. The lowest BCUT2D eigenvalue weighted by Gasteiger charge is -2.05. The first-order chi connectivity index (χ1) is 9.28. The topological polar surface area (TPSA) is 57.9 Å². The Hall–Kier alpha value is -1.90. The summed E-state index contributed by atoms with van der Waals surface area (Å²) in [7, 11) is 0. The molecule has 0 unspecified atom stereocenters. The van der Waals surface area contributed by atoms with Gasteiger partial charge in [-0.1, -0.05) is 12.1 Å². The van der Waals surface area contributed by atoms with E-state index in [2.05, 4.69) is 17.2 Å². The molecule has 98 valence electrons. The summed E-state index contributed by atoms with van der Waals surface area (Å²) >= 11 is 1.71. The summed E-state index contributed by atoms with van der Waals surface area (Å²) in [4.78, 5) is 5.53. The Morgan fingerprint density at radius 3 is 2.74 bits per heavy atom. The minimum Gasteiger partial charge on any atom is -0.479 e. The Labute approximate surface area is 116 Å². The van der Waals surface area contributed by atoms with Crippen LogP contribution in [0.1, 0.15) is 15.4 Å². The largest absolute Gasteiger partial charge is 0.479 e. The van der Waals surface area contributed by atoms with E-state index >= 15 is 0 Å². The van der Waals surface area contributed by atoms with Crippen molar-refractivity contribution in [1.82, 2.24) is 10.3 Å². The molecular weight excluding hydrogens is 258 g/mol. The fraction of sp³-hybridized carbons (Fsp3) is 0.286. The molecule has 0 atom stereocenters. The van der Waals surface area contributed by atoms with Crippen LogP contribution < -0.4 is 10.1 Å². The second-order valence-electron chi connectivity index (χ2n) is 4.06. The first kappa shape index (κ1) is 13.5. The van der Waals surface area contributed by atoms with Gasteiger partial charge in [0, 0.05) is 24.2 Å². The molecule has 19 heavy (non-hydrogen) atoms. The van der Waals surface area contributed by atoms with Gasteiger partial charge in [-0.05, 0) is 24.6 Å². The number of aromatic nitrogens is 1. The molecule has 1 heterocycles. The van der Waals surface area contributed by atoms with Crippen LogP contribution in [0.25, 0.3) is 0 Å². The van der Waals surface area contributed by atoms with E-state index in [1.165, 1.54) is 10.4 Å². The molecule has 0 fully saturated rings. The van der Waals surface area contributed by atoms with Crippen molar-refractivity contribution in [2.45, 2.75) is 20.0 Å². The molecule has 0 amide bonds. The molecule has 1 aromatic carbocycles. The standard InChI is InChI=1S/C14H15N3OS/c1-11-8-17-14(19-11)10-16-9-12-2-4-13(5-3-12)18-7-6-15/h2-5,8,16H,7,9-10H2,1H3. The smallest absolute Gasteiger partial charge is 0.174 e. The molecular formula is C14H15N3OS. The summed E-state index contributed by atoms with van der Waals surface area (Å²) in [5.41, 5.74) is 1.18. The Bertz CT molecular complexity index is 557. The van der Waals surface area contributed by atoms with Crippen molar-refractivity contribution < 1.29 is 4.74 Å². The molecule has 2 aromatic rings. The molecule has 1 aromatic heterocycles. The van der Waals surface area contributed by atoms with Crippen LogP contribution in [-0.2, 0) is 13.1 Å². The summed E-state index contributed by atoms with van der Waals surface area (Å²) in [6.45, 7) is 3.71. The van der Waals surface area contributed by atoms with Gasteiger partial charge in [0.05, 0.1) is 0 Å². The predicted molar refractivity (Wildman–Crippen MR) is 74.9 cm³/mol. The number of thiazole rings is 1. The molecule has 1 N–H and O–H groups in total. The number of benzene rings is 1. The van der Waals surface area contributed by atoms with E-state index < -0.39 is 0 Å². The van der Waals surface area contributed by atoms with Crippen molar-refractivity contribution in [2.75, 3.05) is 6.61 Å². The first-order valence-electron chi connectivity index (χ1n) is 5.98. The van der Waals surface area contributed by atoms with E-state index in [1.807, 2.05) is 36.5 Å². The zero-order valence-corrected chi connectivity index (χ0v) is 11.5. The van der Waals surface area contributed by atoms with Gasteiger partial charge in [-0.2, -0.15) is 5.26 Å². The fourth-order valence-corrected chi connectivity index (χ4v) is 2.37. The molecule has 2 rings (SSSR count). The minimum absolute atomic E-state index is 0.0843. The van der Waals surface area contributed by atoms with Gasteiger partial charge in [-0.25, -0.2) is 4.98 Å². The Kier molecular flexibility index (Phi) is 4.90. The molecule has 0 bridgehead atoms. The summed E-state index contributed by atoms with van der Waals surface area (Å²) in [5, 5.41) is 12.9.